The number of aryl methyl sites for hydroxylation is 2. The zero-order chi connectivity index (χ0) is 22.6. The summed E-state index contributed by atoms with van der Waals surface area (Å²) in [6, 6.07) is 13.6. The summed E-state index contributed by atoms with van der Waals surface area (Å²) in [5.74, 6) is -2.05. The van der Waals surface area contributed by atoms with E-state index in [1.165, 1.54) is 24.3 Å². The standard InChI is InChI=1S/C23H22F2N2O3S/c1-3-15-6-5-7-16(4-2)22(15)27-31(29,30)19-12-13-21(20(25)14-19)26-23(28)17-8-10-18(24)11-9-17/h5-14,27H,3-4H2,1-2H3,(H,26,28). The lowest BCUT2D eigenvalue weighted by molar-refractivity contribution is 0.102. The van der Waals surface area contributed by atoms with Gasteiger partial charge in [-0.15, -0.1) is 0 Å². The van der Waals surface area contributed by atoms with Crippen molar-refractivity contribution in [3.8, 4) is 0 Å². The summed E-state index contributed by atoms with van der Waals surface area (Å²) in [5, 5.41) is 2.36. The molecule has 2 N–H and O–H groups in total. The first kappa shape index (κ1) is 22.4. The van der Waals surface area contributed by atoms with Crippen LogP contribution in [0.15, 0.2) is 65.6 Å². The molecule has 5 nitrogen and oxygen atoms in total. The van der Waals surface area contributed by atoms with E-state index < -0.39 is 27.6 Å². The Bertz CT molecular complexity index is 1190. The molecule has 3 aromatic carbocycles. The molecule has 0 unspecified atom stereocenters. The number of hydrogen-bond acceptors (Lipinski definition) is 3. The van der Waals surface area contributed by atoms with Gasteiger partial charge in [0.15, 0.2) is 0 Å². The second-order valence-electron chi connectivity index (χ2n) is 6.87. The van der Waals surface area contributed by atoms with Gasteiger partial charge in [-0.05, 0) is 66.4 Å². The van der Waals surface area contributed by atoms with Gasteiger partial charge in [-0.2, -0.15) is 0 Å². The lowest BCUT2D eigenvalue weighted by Crippen LogP contribution is -2.17. The van der Waals surface area contributed by atoms with Crippen LogP contribution in [0.2, 0.25) is 0 Å². The fourth-order valence-electron chi connectivity index (χ4n) is 3.13. The van der Waals surface area contributed by atoms with Crippen LogP contribution in [0.25, 0.3) is 0 Å². The van der Waals surface area contributed by atoms with E-state index in [4.69, 9.17) is 0 Å². The van der Waals surface area contributed by atoms with Crippen LogP contribution in [0, 0.1) is 11.6 Å². The molecule has 1 amide bonds. The van der Waals surface area contributed by atoms with Crippen molar-refractivity contribution in [2.24, 2.45) is 0 Å². The van der Waals surface area contributed by atoms with Gasteiger partial charge in [0.2, 0.25) is 0 Å². The Hall–Kier alpha value is -3.26. The molecule has 3 rings (SSSR count). The third-order valence-electron chi connectivity index (χ3n) is 4.84. The third kappa shape index (κ3) is 5.08. The molecule has 0 fully saturated rings. The van der Waals surface area contributed by atoms with Crippen molar-refractivity contribution in [3.05, 3.63) is 89.0 Å². The van der Waals surface area contributed by atoms with Gasteiger partial charge in [-0.3, -0.25) is 9.52 Å². The Morgan fingerprint density at radius 2 is 1.52 bits per heavy atom. The molecule has 0 aliphatic carbocycles. The summed E-state index contributed by atoms with van der Waals surface area (Å²) in [6.07, 6.45) is 1.27. The number of amides is 1. The van der Waals surface area contributed by atoms with E-state index in [1.54, 1.807) is 0 Å². The Balaban J connectivity index is 1.85. The Morgan fingerprint density at radius 3 is 2.06 bits per heavy atom. The van der Waals surface area contributed by atoms with Crippen LogP contribution < -0.4 is 10.0 Å². The predicted molar refractivity (Wildman–Crippen MR) is 117 cm³/mol. The number of halogens is 2. The minimum atomic E-state index is -4.05. The molecular formula is C23H22F2N2O3S. The number of rotatable bonds is 7. The van der Waals surface area contributed by atoms with Gasteiger partial charge in [0.05, 0.1) is 16.3 Å². The summed E-state index contributed by atoms with van der Waals surface area (Å²) in [6.45, 7) is 3.84. The number of hydrogen-bond donors (Lipinski definition) is 2. The van der Waals surface area contributed by atoms with Crippen molar-refractivity contribution in [3.63, 3.8) is 0 Å². The number of carbonyl (C=O) groups is 1. The molecule has 8 heteroatoms. The van der Waals surface area contributed by atoms with E-state index in [2.05, 4.69) is 10.0 Å². The second-order valence-corrected chi connectivity index (χ2v) is 8.55. The van der Waals surface area contributed by atoms with Crippen molar-refractivity contribution >= 4 is 27.3 Å². The van der Waals surface area contributed by atoms with Crippen molar-refractivity contribution in [1.82, 2.24) is 0 Å². The normalized spacial score (nSPS) is 11.2. The number of nitrogens with one attached hydrogen (secondary N) is 2. The smallest absolute Gasteiger partial charge is 0.262 e. The van der Waals surface area contributed by atoms with Gasteiger partial charge in [0.1, 0.15) is 11.6 Å². The van der Waals surface area contributed by atoms with Gasteiger partial charge in [-0.1, -0.05) is 32.0 Å². The first-order valence-electron chi connectivity index (χ1n) is 9.75. The average molecular weight is 445 g/mol. The summed E-state index contributed by atoms with van der Waals surface area (Å²) in [4.78, 5) is 11.9. The molecule has 0 aliphatic heterocycles. The zero-order valence-corrected chi connectivity index (χ0v) is 17.9. The second kappa shape index (κ2) is 9.26. The fourth-order valence-corrected chi connectivity index (χ4v) is 4.28. The largest absolute Gasteiger partial charge is 0.319 e. The highest BCUT2D eigenvalue weighted by Crippen LogP contribution is 2.27. The van der Waals surface area contributed by atoms with Crippen LogP contribution in [0.1, 0.15) is 35.3 Å². The molecule has 0 atom stereocenters. The van der Waals surface area contributed by atoms with Crippen molar-refractivity contribution in [2.45, 2.75) is 31.6 Å². The van der Waals surface area contributed by atoms with Gasteiger partial charge in [0, 0.05) is 5.56 Å². The molecule has 0 saturated carbocycles. The molecule has 0 saturated heterocycles. The molecule has 162 valence electrons. The topological polar surface area (TPSA) is 75.3 Å². The van der Waals surface area contributed by atoms with Crippen molar-refractivity contribution in [2.75, 3.05) is 10.0 Å². The van der Waals surface area contributed by atoms with Crippen molar-refractivity contribution < 1.29 is 22.0 Å². The maximum Gasteiger partial charge on any atom is 0.262 e. The number of anilines is 2. The van der Waals surface area contributed by atoms with Crippen molar-refractivity contribution in [1.29, 1.82) is 0 Å². The quantitative estimate of drug-likeness (QED) is 0.530. The minimum absolute atomic E-state index is 0.141. The van der Waals surface area contributed by atoms with Crippen LogP contribution in [0.3, 0.4) is 0 Å². The molecule has 3 aromatic rings. The summed E-state index contributed by atoms with van der Waals surface area (Å²) < 4.78 is 55.9. The molecular weight excluding hydrogens is 422 g/mol. The maximum atomic E-state index is 14.6. The van der Waals surface area contributed by atoms with Gasteiger partial charge in [0.25, 0.3) is 15.9 Å². The minimum Gasteiger partial charge on any atom is -0.319 e. The van der Waals surface area contributed by atoms with E-state index in [-0.39, 0.29) is 16.1 Å². The van der Waals surface area contributed by atoms with E-state index in [0.29, 0.717) is 18.5 Å². The maximum absolute atomic E-state index is 14.6. The molecule has 0 aliphatic rings. The van der Waals surface area contributed by atoms with Gasteiger partial charge < -0.3 is 5.32 Å². The lowest BCUT2D eigenvalue weighted by Gasteiger charge is -2.16. The average Bonchev–Trinajstić information content (AvgIpc) is 2.75. The van der Waals surface area contributed by atoms with Crippen LogP contribution >= 0.6 is 0 Å². The van der Waals surface area contributed by atoms with E-state index in [9.17, 15) is 22.0 Å². The van der Waals surface area contributed by atoms with Crippen LogP contribution in [0.4, 0.5) is 20.2 Å². The first-order valence-corrected chi connectivity index (χ1v) is 11.2. The van der Waals surface area contributed by atoms with Crippen LogP contribution in [-0.4, -0.2) is 14.3 Å². The SMILES string of the molecule is CCc1cccc(CC)c1NS(=O)(=O)c1ccc(NC(=O)c2ccc(F)cc2)c(F)c1. The number of benzene rings is 3. The van der Waals surface area contributed by atoms with E-state index in [0.717, 1.165) is 29.3 Å². The Morgan fingerprint density at radius 1 is 0.903 bits per heavy atom. The fraction of sp³-hybridized carbons (Fsp3) is 0.174. The van der Waals surface area contributed by atoms with E-state index in [1.807, 2.05) is 32.0 Å². The number of para-hydroxylation sites is 1. The Labute approximate surface area is 180 Å². The highest BCUT2D eigenvalue weighted by Gasteiger charge is 2.20. The highest BCUT2D eigenvalue weighted by molar-refractivity contribution is 7.92. The van der Waals surface area contributed by atoms with Crippen LogP contribution in [-0.2, 0) is 22.9 Å². The van der Waals surface area contributed by atoms with Crippen LogP contribution in [0.5, 0.6) is 0 Å². The first-order chi connectivity index (χ1) is 14.7. The molecule has 0 bridgehead atoms. The molecule has 31 heavy (non-hydrogen) atoms. The highest BCUT2D eigenvalue weighted by atomic mass is 32.2. The van der Waals surface area contributed by atoms with Gasteiger partial charge >= 0.3 is 0 Å². The monoisotopic (exact) mass is 444 g/mol. The number of sulfonamides is 1. The lowest BCUT2D eigenvalue weighted by atomic mass is 10.0. The third-order valence-corrected chi connectivity index (χ3v) is 6.19. The summed E-state index contributed by atoms with van der Waals surface area (Å²) in [5.41, 5.74) is 2.14. The number of carbonyl (C=O) groups excluding carboxylic acids is 1. The van der Waals surface area contributed by atoms with E-state index >= 15 is 0 Å². The van der Waals surface area contributed by atoms with Gasteiger partial charge in [-0.25, -0.2) is 17.2 Å². The molecule has 0 spiro atoms. The summed E-state index contributed by atoms with van der Waals surface area (Å²) in [7, 11) is -4.05. The zero-order valence-electron chi connectivity index (χ0n) is 17.1. The molecule has 0 aromatic heterocycles. The summed E-state index contributed by atoms with van der Waals surface area (Å²) >= 11 is 0. The molecule has 0 heterocycles. The molecule has 0 radical (unpaired) electrons. The Kier molecular flexibility index (Phi) is 6.70. The predicted octanol–water partition coefficient (Wildman–Crippen LogP) is 5.14.